The maximum absolute atomic E-state index is 6.37. The van der Waals surface area contributed by atoms with E-state index < -0.39 is 0 Å². The summed E-state index contributed by atoms with van der Waals surface area (Å²) in [4.78, 5) is 0. The van der Waals surface area contributed by atoms with Crippen LogP contribution in [0.25, 0.3) is 0 Å². The monoisotopic (exact) mass is 236 g/mol. The van der Waals surface area contributed by atoms with Crippen LogP contribution in [-0.4, -0.2) is 18.8 Å². The summed E-state index contributed by atoms with van der Waals surface area (Å²) in [6.07, 6.45) is 4.02. The second-order valence-electron chi connectivity index (χ2n) is 7.22. The minimum Gasteiger partial charge on any atom is -0.405 e. The lowest BCUT2D eigenvalue weighted by atomic mass is 9.43. The Morgan fingerprint density at radius 2 is 2.00 bits per heavy atom. The SMILES string of the molecule is CC[C@H](C)B1O[C@@H]2C[C@@H]3C[C@H](C3(C)C)[C@]2(C)O1. The predicted molar refractivity (Wildman–Crippen MR) is 69.8 cm³/mol. The second-order valence-corrected chi connectivity index (χ2v) is 7.22. The minimum absolute atomic E-state index is 0.0215. The van der Waals surface area contributed by atoms with E-state index in [1.54, 1.807) is 0 Å². The fourth-order valence-electron chi connectivity index (χ4n) is 4.34. The molecule has 3 heteroatoms. The van der Waals surface area contributed by atoms with E-state index in [0.29, 0.717) is 23.3 Å². The van der Waals surface area contributed by atoms with E-state index in [1.165, 1.54) is 12.8 Å². The summed E-state index contributed by atoms with van der Waals surface area (Å²) in [6.45, 7) is 11.6. The zero-order chi connectivity index (χ0) is 12.4. The summed E-state index contributed by atoms with van der Waals surface area (Å²) >= 11 is 0. The Morgan fingerprint density at radius 3 is 2.59 bits per heavy atom. The molecule has 1 heterocycles. The van der Waals surface area contributed by atoms with Crippen molar-refractivity contribution in [3.63, 3.8) is 0 Å². The first-order chi connectivity index (χ1) is 7.89. The van der Waals surface area contributed by atoms with Gasteiger partial charge in [0.05, 0.1) is 11.7 Å². The first-order valence-corrected chi connectivity index (χ1v) is 7.22. The molecule has 0 amide bonds. The molecule has 4 fully saturated rings. The summed E-state index contributed by atoms with van der Waals surface area (Å²) in [6, 6.07) is 0. The second kappa shape index (κ2) is 3.51. The van der Waals surface area contributed by atoms with Gasteiger partial charge in [0.2, 0.25) is 0 Å². The molecule has 96 valence electrons. The highest BCUT2D eigenvalue weighted by Gasteiger charge is 2.68. The van der Waals surface area contributed by atoms with Crippen LogP contribution in [0, 0.1) is 17.3 Å². The van der Waals surface area contributed by atoms with Gasteiger partial charge in [-0.15, -0.1) is 0 Å². The van der Waals surface area contributed by atoms with E-state index in [4.69, 9.17) is 9.31 Å². The largest absolute Gasteiger partial charge is 0.460 e. The average Bonchev–Trinajstić information content (AvgIpc) is 2.64. The molecule has 0 N–H and O–H groups in total. The van der Waals surface area contributed by atoms with E-state index in [2.05, 4.69) is 34.6 Å². The Labute approximate surface area is 106 Å². The van der Waals surface area contributed by atoms with Crippen molar-refractivity contribution in [1.82, 2.24) is 0 Å². The quantitative estimate of drug-likeness (QED) is 0.683. The molecule has 3 saturated carbocycles. The van der Waals surface area contributed by atoms with Gasteiger partial charge in [-0.1, -0.05) is 34.1 Å². The first kappa shape index (κ1) is 12.0. The number of hydrogen-bond donors (Lipinski definition) is 0. The van der Waals surface area contributed by atoms with E-state index in [1.807, 2.05) is 0 Å². The van der Waals surface area contributed by atoms with Crippen LogP contribution >= 0.6 is 0 Å². The zero-order valence-corrected chi connectivity index (χ0v) is 11.8. The highest BCUT2D eigenvalue weighted by Crippen LogP contribution is 2.66. The van der Waals surface area contributed by atoms with Gasteiger partial charge in [0.25, 0.3) is 0 Å². The van der Waals surface area contributed by atoms with Crippen LogP contribution < -0.4 is 0 Å². The van der Waals surface area contributed by atoms with Crippen LogP contribution in [0.5, 0.6) is 0 Å². The van der Waals surface area contributed by atoms with Gasteiger partial charge >= 0.3 is 7.12 Å². The van der Waals surface area contributed by atoms with Crippen molar-refractivity contribution >= 4 is 7.12 Å². The summed E-state index contributed by atoms with van der Waals surface area (Å²) in [7, 11) is 0.0325. The molecular weight excluding hydrogens is 211 g/mol. The molecule has 2 nitrogen and oxygen atoms in total. The molecule has 0 aromatic carbocycles. The third kappa shape index (κ3) is 1.42. The fourth-order valence-corrected chi connectivity index (χ4v) is 4.34. The highest BCUT2D eigenvalue weighted by atomic mass is 16.7. The zero-order valence-electron chi connectivity index (χ0n) is 11.8. The molecule has 1 saturated heterocycles. The van der Waals surface area contributed by atoms with Crippen LogP contribution in [0.2, 0.25) is 5.82 Å². The van der Waals surface area contributed by atoms with Crippen molar-refractivity contribution in [2.45, 2.75) is 71.4 Å². The van der Waals surface area contributed by atoms with Crippen LogP contribution in [0.4, 0.5) is 0 Å². The lowest BCUT2D eigenvalue weighted by molar-refractivity contribution is -0.199. The molecule has 0 radical (unpaired) electrons. The van der Waals surface area contributed by atoms with Gasteiger partial charge in [-0.3, -0.25) is 0 Å². The minimum atomic E-state index is -0.0215. The Hall–Kier alpha value is -0.0151. The molecule has 0 spiro atoms. The van der Waals surface area contributed by atoms with Gasteiger partial charge in [-0.2, -0.15) is 0 Å². The molecule has 0 unspecified atom stereocenters. The highest BCUT2D eigenvalue weighted by molar-refractivity contribution is 6.47. The van der Waals surface area contributed by atoms with Gasteiger partial charge in [0.1, 0.15) is 0 Å². The number of hydrogen-bond acceptors (Lipinski definition) is 2. The lowest BCUT2D eigenvalue weighted by Crippen LogP contribution is -2.65. The molecule has 5 atom stereocenters. The third-order valence-corrected chi connectivity index (χ3v) is 6.08. The predicted octanol–water partition coefficient (Wildman–Crippen LogP) is 3.51. The first-order valence-electron chi connectivity index (χ1n) is 7.22. The summed E-state index contributed by atoms with van der Waals surface area (Å²) in [5.74, 6) is 2.05. The van der Waals surface area contributed by atoms with Crippen molar-refractivity contribution < 1.29 is 9.31 Å². The van der Waals surface area contributed by atoms with Gasteiger partial charge in [0.15, 0.2) is 0 Å². The van der Waals surface area contributed by atoms with E-state index in [9.17, 15) is 0 Å². The molecule has 1 aliphatic heterocycles. The average molecular weight is 236 g/mol. The van der Waals surface area contributed by atoms with Crippen LogP contribution in [0.3, 0.4) is 0 Å². The maximum Gasteiger partial charge on any atom is 0.460 e. The summed E-state index contributed by atoms with van der Waals surface area (Å²) < 4.78 is 12.6. The normalized spacial score (nSPS) is 48.5. The van der Waals surface area contributed by atoms with Crippen LogP contribution in [0.15, 0.2) is 0 Å². The molecule has 0 aromatic rings. The van der Waals surface area contributed by atoms with Gasteiger partial charge in [-0.25, -0.2) is 0 Å². The molecule has 17 heavy (non-hydrogen) atoms. The lowest BCUT2D eigenvalue weighted by Gasteiger charge is -2.64. The van der Waals surface area contributed by atoms with Crippen molar-refractivity contribution in [3.05, 3.63) is 0 Å². The molecule has 0 aromatic heterocycles. The van der Waals surface area contributed by atoms with Crippen molar-refractivity contribution in [2.24, 2.45) is 17.3 Å². The standard InChI is InChI=1S/C14H25BO2/c1-6-9(2)15-16-12-8-10-7-11(13(10,3)4)14(12,5)17-15/h9-12H,6-8H2,1-5H3/t9-,10-,11+,12+,14-/m0/s1. The molecule has 2 bridgehead atoms. The topological polar surface area (TPSA) is 18.5 Å². The maximum atomic E-state index is 6.37. The Bertz CT molecular complexity index is 330. The van der Waals surface area contributed by atoms with Gasteiger partial charge in [0, 0.05) is 0 Å². The molecular formula is C14H25BO2. The van der Waals surface area contributed by atoms with Crippen molar-refractivity contribution in [1.29, 1.82) is 0 Å². The van der Waals surface area contributed by atoms with Crippen molar-refractivity contribution in [3.8, 4) is 0 Å². The Kier molecular flexibility index (Phi) is 2.49. The van der Waals surface area contributed by atoms with Crippen molar-refractivity contribution in [2.75, 3.05) is 0 Å². The van der Waals surface area contributed by atoms with E-state index >= 15 is 0 Å². The Balaban J connectivity index is 1.82. The van der Waals surface area contributed by atoms with Gasteiger partial charge < -0.3 is 9.31 Å². The third-order valence-electron chi connectivity index (χ3n) is 6.08. The molecule has 4 rings (SSSR count). The summed E-state index contributed by atoms with van der Waals surface area (Å²) in [5, 5.41) is 0. The molecule has 3 aliphatic carbocycles. The van der Waals surface area contributed by atoms with Crippen LogP contribution in [0.1, 0.15) is 53.9 Å². The van der Waals surface area contributed by atoms with Gasteiger partial charge in [-0.05, 0) is 42.8 Å². The fraction of sp³-hybridized carbons (Fsp3) is 1.00. The van der Waals surface area contributed by atoms with E-state index in [-0.39, 0.29) is 12.7 Å². The Morgan fingerprint density at radius 1 is 1.29 bits per heavy atom. The van der Waals surface area contributed by atoms with Crippen LogP contribution in [-0.2, 0) is 9.31 Å². The number of rotatable bonds is 2. The molecule has 4 aliphatic rings. The smallest absolute Gasteiger partial charge is 0.405 e. The van der Waals surface area contributed by atoms with E-state index in [0.717, 1.165) is 12.3 Å². The summed E-state index contributed by atoms with van der Waals surface area (Å²) in [5.41, 5.74) is 0.436.